The van der Waals surface area contributed by atoms with Gasteiger partial charge in [-0.25, -0.2) is 9.59 Å². The normalized spacial score (nSPS) is 48.3. The second-order valence-corrected chi connectivity index (χ2v) is 6.27. The van der Waals surface area contributed by atoms with E-state index in [9.17, 15) is 29.4 Å². The highest BCUT2D eigenvalue weighted by atomic mass is 16.6. The minimum atomic E-state index is -1.40. The zero-order valence-corrected chi connectivity index (χ0v) is 11.1. The van der Waals surface area contributed by atoms with E-state index in [1.54, 1.807) is 6.92 Å². The third-order valence-electron chi connectivity index (χ3n) is 6.23. The summed E-state index contributed by atoms with van der Waals surface area (Å²) in [6.45, 7) is 3.06. The Labute approximate surface area is 117 Å². The number of aliphatic carboxylic acids is 2. The fraction of sp³-hybridized carbons (Fsp3) is 0.429. The smallest absolute Gasteiger partial charge is 0.332 e. The van der Waals surface area contributed by atoms with Gasteiger partial charge in [0, 0.05) is 22.0 Å². The molecule has 0 bridgehead atoms. The number of hydrogen-bond donors (Lipinski definition) is 2. The van der Waals surface area contributed by atoms with Crippen LogP contribution in [0.25, 0.3) is 0 Å². The molecule has 4 rings (SSSR count). The Bertz CT molecular complexity index is 714. The van der Waals surface area contributed by atoms with E-state index in [4.69, 9.17) is 0 Å². The van der Waals surface area contributed by atoms with Crippen molar-refractivity contribution in [3.05, 3.63) is 23.3 Å². The molecule has 0 aromatic heterocycles. The Morgan fingerprint density at radius 3 is 1.67 bits per heavy atom. The molecule has 7 heteroatoms. The summed E-state index contributed by atoms with van der Waals surface area (Å²) in [5.74, 6) is -4.18. The molecular weight excluding hydrogens is 280 g/mol. The Morgan fingerprint density at radius 2 is 1.33 bits per heavy atom. The molecule has 7 nitrogen and oxygen atoms in total. The topological polar surface area (TPSA) is 118 Å². The van der Waals surface area contributed by atoms with Gasteiger partial charge in [-0.15, -0.1) is 0 Å². The SMILES string of the molecule is CC12C(C(=O)O)=CC34C(=O)OC(=O)C3(C=C1C(=O)O)C24C. The van der Waals surface area contributed by atoms with Crippen LogP contribution in [0.1, 0.15) is 13.8 Å². The maximum absolute atomic E-state index is 12.1. The summed E-state index contributed by atoms with van der Waals surface area (Å²) < 4.78 is 4.66. The van der Waals surface area contributed by atoms with Crippen LogP contribution in [0.15, 0.2) is 23.3 Å². The molecular formula is C14H10O7. The molecule has 2 atom stereocenters. The number of carbonyl (C=O) groups is 4. The van der Waals surface area contributed by atoms with Gasteiger partial charge in [-0.2, -0.15) is 0 Å². The highest BCUT2D eigenvalue weighted by Gasteiger charge is 3.03. The molecule has 2 N–H and O–H groups in total. The minimum absolute atomic E-state index is 0.168. The number of carbonyl (C=O) groups excluding carboxylic acids is 2. The molecule has 0 aromatic rings. The van der Waals surface area contributed by atoms with Gasteiger partial charge in [-0.3, -0.25) is 9.59 Å². The molecule has 1 aliphatic heterocycles. The molecule has 2 spiro atoms. The van der Waals surface area contributed by atoms with Crippen LogP contribution >= 0.6 is 0 Å². The molecule has 0 amide bonds. The maximum atomic E-state index is 12.1. The third-order valence-corrected chi connectivity index (χ3v) is 6.23. The largest absolute Gasteiger partial charge is 0.478 e. The van der Waals surface area contributed by atoms with Crippen LogP contribution in [0.5, 0.6) is 0 Å². The van der Waals surface area contributed by atoms with E-state index in [1.165, 1.54) is 19.1 Å². The van der Waals surface area contributed by atoms with Gasteiger partial charge in [-0.1, -0.05) is 26.0 Å². The van der Waals surface area contributed by atoms with Gasteiger partial charge in [0.05, 0.1) is 0 Å². The predicted molar refractivity (Wildman–Crippen MR) is 63.6 cm³/mol. The van der Waals surface area contributed by atoms with Gasteiger partial charge in [0.15, 0.2) is 0 Å². The lowest BCUT2D eigenvalue weighted by molar-refractivity contribution is -0.161. The van der Waals surface area contributed by atoms with Crippen molar-refractivity contribution < 1.29 is 34.1 Å². The van der Waals surface area contributed by atoms with Gasteiger partial charge in [0.1, 0.15) is 10.8 Å². The quantitative estimate of drug-likeness (QED) is 0.547. The van der Waals surface area contributed by atoms with Crippen molar-refractivity contribution in [3.63, 3.8) is 0 Å². The summed E-state index contributed by atoms with van der Waals surface area (Å²) in [7, 11) is 0. The molecule has 1 saturated heterocycles. The number of carboxylic acids is 2. The number of cyclic esters (lactones) is 2. The van der Waals surface area contributed by atoms with Crippen molar-refractivity contribution in [2.45, 2.75) is 13.8 Å². The van der Waals surface area contributed by atoms with Crippen molar-refractivity contribution in [2.75, 3.05) is 0 Å². The van der Waals surface area contributed by atoms with Crippen LogP contribution in [-0.4, -0.2) is 34.1 Å². The number of hydrogen-bond acceptors (Lipinski definition) is 5. The first-order valence-electron chi connectivity index (χ1n) is 6.33. The molecule has 0 aromatic carbocycles. The number of esters is 2. The number of rotatable bonds is 2. The van der Waals surface area contributed by atoms with Gasteiger partial charge in [0.25, 0.3) is 0 Å². The average Bonchev–Trinajstić information content (AvgIpc) is 2.53. The Kier molecular flexibility index (Phi) is 1.56. The average molecular weight is 290 g/mol. The van der Waals surface area contributed by atoms with Crippen LogP contribution in [0.3, 0.4) is 0 Å². The van der Waals surface area contributed by atoms with E-state index in [0.717, 1.165) is 0 Å². The van der Waals surface area contributed by atoms with E-state index < -0.39 is 45.5 Å². The molecule has 2 fully saturated rings. The summed E-state index contributed by atoms with van der Waals surface area (Å²) >= 11 is 0. The first-order chi connectivity index (χ1) is 9.63. The van der Waals surface area contributed by atoms with Gasteiger partial charge in [0.2, 0.25) is 0 Å². The van der Waals surface area contributed by atoms with Crippen molar-refractivity contribution in [1.29, 1.82) is 0 Å². The molecule has 108 valence electrons. The summed E-state index contributed by atoms with van der Waals surface area (Å²) in [5, 5.41) is 18.8. The molecule has 4 aliphatic rings. The second kappa shape index (κ2) is 2.66. The van der Waals surface area contributed by atoms with Gasteiger partial charge in [-0.05, 0) is 0 Å². The molecule has 2 unspecified atom stereocenters. The van der Waals surface area contributed by atoms with Crippen molar-refractivity contribution in [2.24, 2.45) is 21.7 Å². The fourth-order valence-electron chi connectivity index (χ4n) is 5.13. The van der Waals surface area contributed by atoms with Crippen LogP contribution in [0.2, 0.25) is 0 Å². The second-order valence-electron chi connectivity index (χ2n) is 6.27. The summed E-state index contributed by atoms with van der Waals surface area (Å²) in [4.78, 5) is 47.3. The van der Waals surface area contributed by atoms with Crippen LogP contribution in [0.4, 0.5) is 0 Å². The highest BCUT2D eigenvalue weighted by molar-refractivity contribution is 6.18. The van der Waals surface area contributed by atoms with E-state index in [-0.39, 0.29) is 11.1 Å². The zero-order valence-electron chi connectivity index (χ0n) is 11.1. The highest BCUT2D eigenvalue weighted by Crippen LogP contribution is 2.96. The molecule has 1 saturated carbocycles. The Hall–Kier alpha value is -2.44. The van der Waals surface area contributed by atoms with Gasteiger partial charge >= 0.3 is 23.9 Å². The standard InChI is InChI=1S/C14H10O7/c1-11-5(7(15)16)3-13-9(19)21-10(20)14(13,12(11,13)2)4-6(11)8(17)18/h3-4H,1-2H3,(H,15,16)(H,17,18). The minimum Gasteiger partial charge on any atom is -0.478 e. The number of carboxylic acid groups (broad SMARTS) is 2. The van der Waals surface area contributed by atoms with E-state index in [0.29, 0.717) is 0 Å². The lowest BCUT2D eigenvalue weighted by atomic mass is 9.67. The monoisotopic (exact) mass is 290 g/mol. The summed E-state index contributed by atoms with van der Waals surface area (Å²) in [6.07, 6.45) is 2.46. The lowest BCUT2D eigenvalue weighted by Gasteiger charge is -2.33. The van der Waals surface area contributed by atoms with E-state index >= 15 is 0 Å². The maximum Gasteiger partial charge on any atom is 0.332 e. The van der Waals surface area contributed by atoms with Crippen molar-refractivity contribution in [3.8, 4) is 0 Å². The lowest BCUT2D eigenvalue weighted by Crippen LogP contribution is -2.38. The van der Waals surface area contributed by atoms with Gasteiger partial charge < -0.3 is 14.9 Å². The summed E-state index contributed by atoms with van der Waals surface area (Å²) in [5.41, 5.74) is -5.62. The molecule has 3 aliphatic carbocycles. The fourth-order valence-corrected chi connectivity index (χ4v) is 5.13. The van der Waals surface area contributed by atoms with Crippen LogP contribution in [0, 0.1) is 21.7 Å². The molecule has 21 heavy (non-hydrogen) atoms. The van der Waals surface area contributed by atoms with Crippen LogP contribution in [-0.2, 0) is 23.9 Å². The molecule has 0 radical (unpaired) electrons. The zero-order chi connectivity index (χ0) is 15.6. The Morgan fingerprint density at radius 1 is 0.952 bits per heavy atom. The summed E-state index contributed by atoms with van der Waals surface area (Å²) in [6, 6.07) is 0. The van der Waals surface area contributed by atoms with Crippen molar-refractivity contribution in [1.82, 2.24) is 0 Å². The van der Waals surface area contributed by atoms with E-state index in [2.05, 4.69) is 4.74 Å². The Balaban J connectivity index is 2.12. The van der Waals surface area contributed by atoms with Crippen molar-refractivity contribution >= 4 is 23.9 Å². The number of ether oxygens (including phenoxy) is 1. The molecule has 1 heterocycles. The third kappa shape index (κ3) is 0.707. The van der Waals surface area contributed by atoms with E-state index in [1.807, 2.05) is 0 Å². The van der Waals surface area contributed by atoms with Crippen LogP contribution < -0.4 is 0 Å². The predicted octanol–water partition coefficient (Wildman–Crippen LogP) is 0.118. The first-order valence-corrected chi connectivity index (χ1v) is 6.33. The first kappa shape index (κ1) is 12.3.